The maximum absolute atomic E-state index is 12.1. The van der Waals surface area contributed by atoms with Crippen LogP contribution in [0.3, 0.4) is 0 Å². The summed E-state index contributed by atoms with van der Waals surface area (Å²) in [5.41, 5.74) is 4.90. The van der Waals surface area contributed by atoms with Gasteiger partial charge < -0.3 is 10.1 Å². The van der Waals surface area contributed by atoms with E-state index in [-0.39, 0.29) is 16.9 Å². The minimum absolute atomic E-state index is 0.0324. The number of rotatable bonds is 4. The van der Waals surface area contributed by atoms with Crippen LogP contribution in [0.2, 0.25) is 0 Å². The highest BCUT2D eigenvalue weighted by Gasteiger charge is 2.16. The molecule has 0 radical (unpaired) electrons. The van der Waals surface area contributed by atoms with Gasteiger partial charge in [0.15, 0.2) is 11.2 Å². The van der Waals surface area contributed by atoms with Gasteiger partial charge in [-0.25, -0.2) is 0 Å². The van der Waals surface area contributed by atoms with Gasteiger partial charge in [-0.2, -0.15) is 0 Å². The molecule has 2 amide bonds. The molecule has 0 aliphatic rings. The minimum atomic E-state index is -0.739. The molecule has 0 saturated carbocycles. The third-order valence-corrected chi connectivity index (χ3v) is 3.67. The van der Waals surface area contributed by atoms with Crippen molar-refractivity contribution >= 4 is 39.9 Å². The fraction of sp³-hybridized carbons (Fsp3) is 0.278. The van der Waals surface area contributed by atoms with Crippen molar-refractivity contribution in [3.8, 4) is 5.75 Å². The van der Waals surface area contributed by atoms with Crippen LogP contribution in [0.15, 0.2) is 42.5 Å². The molecule has 2 aromatic rings. The van der Waals surface area contributed by atoms with Gasteiger partial charge in [0.2, 0.25) is 5.91 Å². The largest absolute Gasteiger partial charge is 0.481 e. The first-order valence-corrected chi connectivity index (χ1v) is 8.34. The van der Waals surface area contributed by atoms with Crippen molar-refractivity contribution in [1.29, 1.82) is 0 Å². The van der Waals surface area contributed by atoms with E-state index in [1.807, 2.05) is 42.5 Å². The number of hydrogen-bond donors (Lipinski definition) is 3. The fourth-order valence-electron chi connectivity index (χ4n) is 2.01. The van der Waals surface area contributed by atoms with E-state index in [1.165, 1.54) is 0 Å². The summed E-state index contributed by atoms with van der Waals surface area (Å²) >= 11 is 4.94. The van der Waals surface area contributed by atoms with Gasteiger partial charge in [-0.3, -0.25) is 20.4 Å². The third kappa shape index (κ3) is 5.42. The predicted molar refractivity (Wildman–Crippen MR) is 101 cm³/mol. The van der Waals surface area contributed by atoms with Crippen molar-refractivity contribution in [2.75, 3.05) is 0 Å². The molecule has 132 valence electrons. The minimum Gasteiger partial charge on any atom is -0.481 e. The highest BCUT2D eigenvalue weighted by atomic mass is 32.1. The Morgan fingerprint density at radius 3 is 2.32 bits per heavy atom. The van der Waals surface area contributed by atoms with Crippen LogP contribution < -0.4 is 20.9 Å². The Kier molecular flexibility index (Phi) is 6.30. The zero-order chi connectivity index (χ0) is 18.4. The summed E-state index contributed by atoms with van der Waals surface area (Å²) in [5, 5.41) is 4.63. The Balaban J connectivity index is 1.86. The quantitative estimate of drug-likeness (QED) is 0.577. The van der Waals surface area contributed by atoms with E-state index < -0.39 is 12.0 Å². The van der Waals surface area contributed by atoms with Gasteiger partial charge in [0.05, 0.1) is 0 Å². The molecule has 0 heterocycles. The standard InChI is InChI=1S/C18H21N3O3S/c1-11(2)16(22)19-18(25)21-20-17(23)12(3)24-15-9-8-13-6-4-5-7-14(13)10-15/h4-12H,1-3H3,(H,20,23)(H2,19,21,22,25)/t12-/m0/s1. The number of hydrogen-bond acceptors (Lipinski definition) is 4. The average molecular weight is 359 g/mol. The van der Waals surface area contributed by atoms with Crippen molar-refractivity contribution in [2.45, 2.75) is 26.9 Å². The number of benzene rings is 2. The van der Waals surface area contributed by atoms with E-state index in [1.54, 1.807) is 20.8 Å². The van der Waals surface area contributed by atoms with E-state index in [9.17, 15) is 9.59 Å². The molecular weight excluding hydrogens is 338 g/mol. The Morgan fingerprint density at radius 1 is 0.960 bits per heavy atom. The molecule has 0 aromatic heterocycles. The van der Waals surface area contributed by atoms with E-state index in [4.69, 9.17) is 17.0 Å². The number of amides is 2. The molecule has 0 saturated heterocycles. The molecule has 0 spiro atoms. The number of fused-ring (bicyclic) bond motifs is 1. The van der Waals surface area contributed by atoms with Crippen LogP contribution >= 0.6 is 12.2 Å². The van der Waals surface area contributed by atoms with Crippen molar-refractivity contribution in [3.63, 3.8) is 0 Å². The molecule has 2 rings (SSSR count). The Hall–Kier alpha value is -2.67. The number of hydrazine groups is 1. The molecule has 3 N–H and O–H groups in total. The van der Waals surface area contributed by atoms with Gasteiger partial charge >= 0.3 is 0 Å². The summed E-state index contributed by atoms with van der Waals surface area (Å²) in [5.74, 6) is -0.246. The molecule has 1 atom stereocenters. The summed E-state index contributed by atoms with van der Waals surface area (Å²) in [7, 11) is 0. The van der Waals surface area contributed by atoms with Gasteiger partial charge in [0.25, 0.3) is 5.91 Å². The van der Waals surface area contributed by atoms with Gasteiger partial charge in [-0.05, 0) is 42.0 Å². The van der Waals surface area contributed by atoms with Crippen LogP contribution in [-0.2, 0) is 9.59 Å². The van der Waals surface area contributed by atoms with Gasteiger partial charge in [0.1, 0.15) is 5.75 Å². The van der Waals surface area contributed by atoms with E-state index in [2.05, 4.69) is 16.2 Å². The molecule has 25 heavy (non-hydrogen) atoms. The average Bonchev–Trinajstić information content (AvgIpc) is 2.59. The Labute approximate surface area is 151 Å². The highest BCUT2D eigenvalue weighted by Crippen LogP contribution is 2.21. The van der Waals surface area contributed by atoms with Gasteiger partial charge in [-0.15, -0.1) is 0 Å². The van der Waals surface area contributed by atoms with Crippen LogP contribution in [0.4, 0.5) is 0 Å². The second-order valence-corrected chi connectivity index (χ2v) is 6.26. The lowest BCUT2D eigenvalue weighted by Crippen LogP contribution is -2.52. The second kappa shape index (κ2) is 8.43. The SMILES string of the molecule is CC(C)C(=O)NC(=S)NNC(=O)[C@H](C)Oc1ccc2ccccc2c1. The van der Waals surface area contributed by atoms with Crippen LogP contribution in [0, 0.1) is 5.92 Å². The van der Waals surface area contributed by atoms with Crippen LogP contribution in [0.1, 0.15) is 20.8 Å². The lowest BCUT2D eigenvalue weighted by atomic mass is 10.1. The fourth-order valence-corrected chi connectivity index (χ4v) is 2.16. The second-order valence-electron chi connectivity index (χ2n) is 5.86. The topological polar surface area (TPSA) is 79.5 Å². The Morgan fingerprint density at radius 2 is 1.64 bits per heavy atom. The first-order chi connectivity index (χ1) is 11.9. The molecule has 0 aliphatic carbocycles. The lowest BCUT2D eigenvalue weighted by molar-refractivity contribution is -0.128. The number of carbonyl (C=O) groups excluding carboxylic acids is 2. The molecule has 0 aliphatic heterocycles. The zero-order valence-corrected chi connectivity index (χ0v) is 15.1. The Bertz CT molecular complexity index is 792. The molecule has 0 bridgehead atoms. The van der Waals surface area contributed by atoms with Gasteiger partial charge in [-0.1, -0.05) is 44.2 Å². The molecule has 6 nitrogen and oxygen atoms in total. The summed E-state index contributed by atoms with van der Waals surface area (Å²) in [4.78, 5) is 23.6. The zero-order valence-electron chi connectivity index (χ0n) is 14.3. The molecule has 0 unspecified atom stereocenters. The van der Waals surface area contributed by atoms with E-state index in [0.717, 1.165) is 10.8 Å². The van der Waals surface area contributed by atoms with E-state index in [0.29, 0.717) is 5.75 Å². The maximum atomic E-state index is 12.1. The van der Waals surface area contributed by atoms with Crippen molar-refractivity contribution in [3.05, 3.63) is 42.5 Å². The third-order valence-electron chi connectivity index (χ3n) is 3.46. The van der Waals surface area contributed by atoms with Crippen LogP contribution in [0.5, 0.6) is 5.75 Å². The number of nitrogens with one attached hydrogen (secondary N) is 3. The predicted octanol–water partition coefficient (Wildman–Crippen LogP) is 2.29. The highest BCUT2D eigenvalue weighted by molar-refractivity contribution is 7.80. The van der Waals surface area contributed by atoms with Crippen LogP contribution in [-0.4, -0.2) is 23.0 Å². The smallest absolute Gasteiger partial charge is 0.279 e. The normalized spacial score (nSPS) is 11.7. The number of ether oxygens (including phenoxy) is 1. The van der Waals surface area contributed by atoms with Crippen molar-refractivity contribution < 1.29 is 14.3 Å². The summed E-state index contributed by atoms with van der Waals surface area (Å²) in [6, 6.07) is 13.5. The summed E-state index contributed by atoms with van der Waals surface area (Å²) in [6.07, 6.45) is -0.739. The van der Waals surface area contributed by atoms with Crippen molar-refractivity contribution in [2.24, 2.45) is 5.92 Å². The molecule has 2 aromatic carbocycles. The van der Waals surface area contributed by atoms with Crippen LogP contribution in [0.25, 0.3) is 10.8 Å². The monoisotopic (exact) mass is 359 g/mol. The summed E-state index contributed by atoms with van der Waals surface area (Å²) in [6.45, 7) is 5.12. The number of thiocarbonyl (C=S) groups is 1. The maximum Gasteiger partial charge on any atom is 0.279 e. The lowest BCUT2D eigenvalue weighted by Gasteiger charge is -2.17. The van der Waals surface area contributed by atoms with Crippen molar-refractivity contribution in [1.82, 2.24) is 16.2 Å². The first-order valence-electron chi connectivity index (χ1n) is 7.93. The number of carbonyl (C=O) groups is 2. The molecular formula is C18H21N3O3S. The molecule has 7 heteroatoms. The molecule has 0 fully saturated rings. The van der Waals surface area contributed by atoms with E-state index >= 15 is 0 Å². The first kappa shape index (κ1) is 18.7. The van der Waals surface area contributed by atoms with Gasteiger partial charge in [0, 0.05) is 5.92 Å². The summed E-state index contributed by atoms with van der Waals surface area (Å²) < 4.78 is 5.65.